The third-order valence-corrected chi connectivity index (χ3v) is 6.13. The SMILES string of the molecule is COc1cc(C(c2ncc[nH]2)C(CNC(=O)c2ccc3nccnc3c2)c2ccc(F)cc2)c(F)cn1. The molecule has 0 aliphatic rings. The lowest BCUT2D eigenvalue weighted by atomic mass is 9.80. The molecule has 1 amide bonds. The van der Waals surface area contributed by atoms with Crippen LogP contribution >= 0.6 is 0 Å². The van der Waals surface area contributed by atoms with E-state index in [-0.39, 0.29) is 23.9 Å². The van der Waals surface area contributed by atoms with Crippen LogP contribution in [0.25, 0.3) is 11.0 Å². The second-order valence-electron chi connectivity index (χ2n) is 8.33. The number of benzene rings is 2. The van der Waals surface area contributed by atoms with Gasteiger partial charge in [0.25, 0.3) is 5.91 Å². The summed E-state index contributed by atoms with van der Waals surface area (Å²) in [5.74, 6) is -1.82. The predicted molar refractivity (Wildman–Crippen MR) is 132 cm³/mol. The number of rotatable bonds is 8. The highest BCUT2D eigenvalue weighted by Gasteiger charge is 2.32. The molecule has 5 rings (SSSR count). The zero-order valence-electron chi connectivity index (χ0n) is 19.7. The summed E-state index contributed by atoms with van der Waals surface area (Å²) in [6.07, 6.45) is 7.42. The molecule has 186 valence electrons. The Morgan fingerprint density at radius 3 is 2.49 bits per heavy atom. The van der Waals surface area contributed by atoms with Crippen molar-refractivity contribution in [1.82, 2.24) is 30.2 Å². The van der Waals surface area contributed by atoms with Crippen LogP contribution in [-0.2, 0) is 0 Å². The van der Waals surface area contributed by atoms with E-state index in [1.807, 2.05) is 0 Å². The zero-order valence-corrected chi connectivity index (χ0v) is 19.7. The molecule has 3 heterocycles. The van der Waals surface area contributed by atoms with Gasteiger partial charge >= 0.3 is 0 Å². The molecule has 2 unspecified atom stereocenters. The van der Waals surface area contributed by atoms with Crippen LogP contribution in [-0.4, -0.2) is 44.5 Å². The van der Waals surface area contributed by atoms with Gasteiger partial charge in [-0.3, -0.25) is 14.8 Å². The molecule has 37 heavy (non-hydrogen) atoms. The van der Waals surface area contributed by atoms with Crippen LogP contribution in [0.2, 0.25) is 0 Å². The van der Waals surface area contributed by atoms with Gasteiger partial charge in [0.15, 0.2) is 0 Å². The van der Waals surface area contributed by atoms with Gasteiger partial charge in [0.2, 0.25) is 5.88 Å². The number of methoxy groups -OCH3 is 1. The molecule has 3 aromatic heterocycles. The van der Waals surface area contributed by atoms with E-state index in [2.05, 4.69) is 30.2 Å². The number of nitrogens with zero attached hydrogens (tertiary/aromatic N) is 4. The minimum absolute atomic E-state index is 0.0957. The first kappa shape index (κ1) is 24.0. The lowest BCUT2D eigenvalue weighted by Gasteiger charge is -2.27. The van der Waals surface area contributed by atoms with Crippen LogP contribution in [0.1, 0.15) is 39.1 Å². The van der Waals surface area contributed by atoms with Crippen LogP contribution < -0.4 is 10.1 Å². The number of amides is 1. The number of imidazole rings is 1. The van der Waals surface area contributed by atoms with E-state index in [1.165, 1.54) is 25.3 Å². The van der Waals surface area contributed by atoms with Crippen molar-refractivity contribution in [3.8, 4) is 5.88 Å². The number of fused-ring (bicyclic) bond motifs is 1. The van der Waals surface area contributed by atoms with E-state index in [0.717, 1.165) is 6.20 Å². The number of pyridine rings is 1. The fourth-order valence-corrected chi connectivity index (χ4v) is 4.33. The van der Waals surface area contributed by atoms with Crippen molar-refractivity contribution < 1.29 is 18.3 Å². The Balaban J connectivity index is 1.53. The topological polar surface area (TPSA) is 106 Å². The molecule has 0 fully saturated rings. The van der Waals surface area contributed by atoms with E-state index < -0.39 is 23.5 Å². The first-order chi connectivity index (χ1) is 18.0. The number of carbonyl (C=O) groups is 1. The van der Waals surface area contributed by atoms with Crippen LogP contribution in [0.5, 0.6) is 5.88 Å². The van der Waals surface area contributed by atoms with Crippen molar-refractivity contribution in [3.63, 3.8) is 0 Å². The van der Waals surface area contributed by atoms with Crippen LogP contribution in [0.4, 0.5) is 8.78 Å². The third-order valence-electron chi connectivity index (χ3n) is 6.13. The Hall–Kier alpha value is -4.73. The highest BCUT2D eigenvalue weighted by molar-refractivity contribution is 5.97. The van der Waals surface area contributed by atoms with Crippen molar-refractivity contribution in [3.05, 3.63) is 114 Å². The van der Waals surface area contributed by atoms with Crippen molar-refractivity contribution in [1.29, 1.82) is 0 Å². The minimum Gasteiger partial charge on any atom is -0.481 e. The summed E-state index contributed by atoms with van der Waals surface area (Å²) in [6.45, 7) is 0.0957. The lowest BCUT2D eigenvalue weighted by Crippen LogP contribution is -2.32. The largest absolute Gasteiger partial charge is 0.481 e. The fourth-order valence-electron chi connectivity index (χ4n) is 4.33. The monoisotopic (exact) mass is 500 g/mol. The Kier molecular flexibility index (Phi) is 6.80. The van der Waals surface area contributed by atoms with E-state index in [4.69, 9.17) is 4.74 Å². The second-order valence-corrected chi connectivity index (χ2v) is 8.33. The number of ether oxygens (including phenoxy) is 1. The van der Waals surface area contributed by atoms with Gasteiger partial charge in [-0.1, -0.05) is 12.1 Å². The van der Waals surface area contributed by atoms with Crippen molar-refractivity contribution in [2.24, 2.45) is 0 Å². The molecule has 0 radical (unpaired) electrons. The summed E-state index contributed by atoms with van der Waals surface area (Å²) in [7, 11) is 1.44. The molecular formula is C27H22F2N6O2. The maximum atomic E-state index is 15.2. The van der Waals surface area contributed by atoms with Gasteiger partial charge in [-0.25, -0.2) is 18.7 Å². The fraction of sp³-hybridized carbons (Fsp3) is 0.148. The molecule has 0 bridgehead atoms. The summed E-state index contributed by atoms with van der Waals surface area (Å²) in [6, 6.07) is 12.4. The first-order valence-electron chi connectivity index (χ1n) is 11.5. The van der Waals surface area contributed by atoms with E-state index in [1.54, 1.807) is 55.1 Å². The number of aromatic nitrogens is 5. The van der Waals surface area contributed by atoms with Crippen LogP contribution in [0.3, 0.4) is 0 Å². The Morgan fingerprint density at radius 1 is 0.973 bits per heavy atom. The van der Waals surface area contributed by atoms with Gasteiger partial charge in [-0.15, -0.1) is 0 Å². The average molecular weight is 501 g/mol. The molecule has 0 spiro atoms. The molecule has 8 nitrogen and oxygen atoms in total. The van der Waals surface area contributed by atoms with Gasteiger partial charge in [0.05, 0.1) is 30.3 Å². The predicted octanol–water partition coefficient (Wildman–Crippen LogP) is 4.38. The van der Waals surface area contributed by atoms with E-state index in [9.17, 15) is 9.18 Å². The van der Waals surface area contributed by atoms with Crippen molar-refractivity contribution >= 4 is 16.9 Å². The highest BCUT2D eigenvalue weighted by atomic mass is 19.1. The molecule has 0 saturated carbocycles. The van der Waals surface area contributed by atoms with E-state index >= 15 is 4.39 Å². The molecule has 5 aromatic rings. The van der Waals surface area contributed by atoms with Crippen LogP contribution in [0, 0.1) is 11.6 Å². The smallest absolute Gasteiger partial charge is 0.251 e. The molecule has 2 N–H and O–H groups in total. The molecular weight excluding hydrogens is 478 g/mol. The number of nitrogens with one attached hydrogen (secondary N) is 2. The summed E-state index contributed by atoms with van der Waals surface area (Å²) in [5.41, 5.74) is 2.61. The molecule has 2 aromatic carbocycles. The normalized spacial score (nSPS) is 12.7. The summed E-state index contributed by atoms with van der Waals surface area (Å²) >= 11 is 0. The quantitative estimate of drug-likeness (QED) is 0.328. The van der Waals surface area contributed by atoms with Gasteiger partial charge < -0.3 is 15.0 Å². The number of carbonyl (C=O) groups excluding carboxylic acids is 1. The third kappa shape index (κ3) is 5.13. The molecule has 0 aliphatic heterocycles. The lowest BCUT2D eigenvalue weighted by molar-refractivity contribution is 0.0950. The van der Waals surface area contributed by atoms with Gasteiger partial charge in [-0.2, -0.15) is 0 Å². The van der Waals surface area contributed by atoms with Crippen LogP contribution in [0.15, 0.2) is 79.5 Å². The highest BCUT2D eigenvalue weighted by Crippen LogP contribution is 2.39. The number of aromatic amines is 1. The molecule has 0 saturated heterocycles. The van der Waals surface area contributed by atoms with Crippen molar-refractivity contribution in [2.45, 2.75) is 11.8 Å². The average Bonchev–Trinajstić information content (AvgIpc) is 3.46. The summed E-state index contributed by atoms with van der Waals surface area (Å²) in [5, 5.41) is 2.95. The van der Waals surface area contributed by atoms with Gasteiger partial charge in [-0.05, 0) is 35.9 Å². The van der Waals surface area contributed by atoms with E-state index in [0.29, 0.717) is 28.0 Å². The maximum absolute atomic E-state index is 15.2. The summed E-state index contributed by atoms with van der Waals surface area (Å²) in [4.78, 5) is 33.0. The number of hydrogen-bond donors (Lipinski definition) is 2. The Labute approximate surface area is 210 Å². The molecule has 2 atom stereocenters. The van der Waals surface area contributed by atoms with Gasteiger partial charge in [0, 0.05) is 54.4 Å². The minimum atomic E-state index is -0.680. The van der Waals surface area contributed by atoms with Gasteiger partial charge in [0.1, 0.15) is 17.5 Å². The summed E-state index contributed by atoms with van der Waals surface area (Å²) < 4.78 is 34.2. The number of hydrogen-bond acceptors (Lipinski definition) is 6. The van der Waals surface area contributed by atoms with Crippen molar-refractivity contribution in [2.75, 3.05) is 13.7 Å². The maximum Gasteiger partial charge on any atom is 0.251 e. The Bertz CT molecular complexity index is 1530. The number of H-pyrrole nitrogens is 1. The first-order valence-corrected chi connectivity index (χ1v) is 11.5. The number of halogens is 2. The molecule has 10 heteroatoms. The standard InChI is InChI=1S/C27H22F2N6O2/c1-37-24-13-19(21(29)15-34-24)25(26-32-10-11-33-26)20(16-2-5-18(28)6-3-16)14-35-27(36)17-4-7-22-23(12-17)31-9-8-30-22/h2-13,15,20,25H,14H2,1H3,(H,32,33)(H,35,36). The molecule has 0 aliphatic carbocycles. The zero-order chi connectivity index (χ0) is 25.8. The Morgan fingerprint density at radius 2 is 1.76 bits per heavy atom. The second kappa shape index (κ2) is 10.5.